The van der Waals surface area contributed by atoms with Crippen LogP contribution in [0.1, 0.15) is 48.4 Å². The van der Waals surface area contributed by atoms with Gasteiger partial charge in [-0.1, -0.05) is 5.16 Å². The number of aliphatic hydroxyl groups is 1. The highest BCUT2D eigenvalue weighted by atomic mass is 16.5. The number of carbonyl (C=O) groups is 1. The number of amides is 1. The van der Waals surface area contributed by atoms with Crippen LogP contribution in [0.25, 0.3) is 0 Å². The van der Waals surface area contributed by atoms with Crippen molar-refractivity contribution < 1.29 is 14.4 Å². The molecule has 1 aromatic heterocycles. The number of nitrogens with one attached hydrogen (secondary N) is 1. The van der Waals surface area contributed by atoms with Gasteiger partial charge in [-0.3, -0.25) is 4.79 Å². The number of aromatic nitrogens is 1. The molecule has 1 heterocycles. The largest absolute Gasteiger partial charge is 0.396 e. The number of hydrogen-bond donors (Lipinski definition) is 3. The van der Waals surface area contributed by atoms with Crippen molar-refractivity contribution in [3.05, 3.63) is 17.5 Å². The number of nitrogens with zero attached hydrogens (tertiary/aromatic N) is 1. The highest BCUT2D eigenvalue weighted by Crippen LogP contribution is 2.17. The van der Waals surface area contributed by atoms with E-state index in [4.69, 9.17) is 15.4 Å². The molecule has 1 saturated carbocycles. The molecule has 0 radical (unpaired) electrons. The standard InChI is InChI=1S/C13H21N3O3/c14-9-3-5-10(6-4-9)15-13(18)12-8-11(19-16-12)2-1-7-17/h8-10,17H,1-7,14H2,(H,15,18)/t9-,10-. The molecule has 2 rings (SSSR count). The Labute approximate surface area is 112 Å². The topological polar surface area (TPSA) is 101 Å². The first kappa shape index (κ1) is 14.0. The second kappa shape index (κ2) is 6.68. The van der Waals surface area contributed by atoms with Gasteiger partial charge >= 0.3 is 0 Å². The second-order valence-electron chi connectivity index (χ2n) is 5.09. The normalized spacial score (nSPS) is 23.3. The highest BCUT2D eigenvalue weighted by Gasteiger charge is 2.22. The third kappa shape index (κ3) is 4.04. The van der Waals surface area contributed by atoms with Gasteiger partial charge in [0.05, 0.1) is 0 Å². The van der Waals surface area contributed by atoms with Crippen molar-refractivity contribution in [3.8, 4) is 0 Å². The fraction of sp³-hybridized carbons (Fsp3) is 0.692. The molecule has 1 amide bonds. The maximum atomic E-state index is 12.0. The SMILES string of the molecule is N[C@H]1CC[C@H](NC(=O)c2cc(CCCO)on2)CC1. The van der Waals surface area contributed by atoms with Gasteiger partial charge in [-0.05, 0) is 32.1 Å². The summed E-state index contributed by atoms with van der Waals surface area (Å²) in [5.41, 5.74) is 6.14. The van der Waals surface area contributed by atoms with E-state index in [1.165, 1.54) is 0 Å². The first-order valence-corrected chi connectivity index (χ1v) is 6.82. The van der Waals surface area contributed by atoms with Gasteiger partial charge in [0.15, 0.2) is 5.69 Å². The number of aliphatic hydroxyl groups excluding tert-OH is 1. The minimum absolute atomic E-state index is 0.102. The zero-order valence-corrected chi connectivity index (χ0v) is 11.0. The van der Waals surface area contributed by atoms with Crippen molar-refractivity contribution in [1.82, 2.24) is 10.5 Å². The smallest absolute Gasteiger partial charge is 0.273 e. The van der Waals surface area contributed by atoms with Gasteiger partial charge in [0, 0.05) is 31.2 Å². The summed E-state index contributed by atoms with van der Waals surface area (Å²) in [4.78, 5) is 12.0. The van der Waals surface area contributed by atoms with Crippen LogP contribution in [0.3, 0.4) is 0 Å². The Kier molecular flexibility index (Phi) is 4.93. The summed E-state index contributed by atoms with van der Waals surface area (Å²) in [5, 5.41) is 15.4. The summed E-state index contributed by atoms with van der Waals surface area (Å²) < 4.78 is 5.05. The summed E-state index contributed by atoms with van der Waals surface area (Å²) in [6, 6.07) is 2.09. The van der Waals surface area contributed by atoms with E-state index in [1.54, 1.807) is 6.07 Å². The van der Waals surface area contributed by atoms with Gasteiger partial charge in [0.25, 0.3) is 5.91 Å². The van der Waals surface area contributed by atoms with Crippen LogP contribution < -0.4 is 11.1 Å². The Morgan fingerprint density at radius 3 is 2.89 bits per heavy atom. The lowest BCUT2D eigenvalue weighted by Crippen LogP contribution is -2.40. The molecular weight excluding hydrogens is 246 g/mol. The lowest BCUT2D eigenvalue weighted by molar-refractivity contribution is 0.0916. The Hall–Kier alpha value is -1.40. The number of hydrogen-bond acceptors (Lipinski definition) is 5. The van der Waals surface area contributed by atoms with E-state index in [0.717, 1.165) is 25.7 Å². The van der Waals surface area contributed by atoms with Crippen LogP contribution in [0.2, 0.25) is 0 Å². The molecular formula is C13H21N3O3. The lowest BCUT2D eigenvalue weighted by atomic mass is 9.92. The third-order valence-electron chi connectivity index (χ3n) is 3.48. The molecule has 0 unspecified atom stereocenters. The van der Waals surface area contributed by atoms with E-state index >= 15 is 0 Å². The first-order chi connectivity index (χ1) is 9.19. The van der Waals surface area contributed by atoms with Crippen molar-refractivity contribution in [1.29, 1.82) is 0 Å². The molecule has 0 spiro atoms. The zero-order valence-electron chi connectivity index (χ0n) is 11.0. The second-order valence-corrected chi connectivity index (χ2v) is 5.09. The van der Waals surface area contributed by atoms with Gasteiger partial charge in [-0.2, -0.15) is 0 Å². The fourth-order valence-electron chi connectivity index (χ4n) is 2.31. The van der Waals surface area contributed by atoms with Gasteiger partial charge in [0.1, 0.15) is 5.76 Å². The van der Waals surface area contributed by atoms with Crippen molar-refractivity contribution in [3.63, 3.8) is 0 Å². The predicted octanol–water partition coefficient (Wildman–Crippen LogP) is 0.599. The molecule has 1 aliphatic rings. The van der Waals surface area contributed by atoms with Crippen molar-refractivity contribution in [2.24, 2.45) is 5.73 Å². The lowest BCUT2D eigenvalue weighted by Gasteiger charge is -2.26. The van der Waals surface area contributed by atoms with E-state index in [0.29, 0.717) is 24.3 Å². The molecule has 6 heteroatoms. The van der Waals surface area contributed by atoms with E-state index < -0.39 is 0 Å². The molecule has 0 saturated heterocycles. The molecule has 0 aromatic carbocycles. The minimum Gasteiger partial charge on any atom is -0.396 e. The van der Waals surface area contributed by atoms with Gasteiger partial charge in [0.2, 0.25) is 0 Å². The van der Waals surface area contributed by atoms with Gasteiger partial charge in [-0.25, -0.2) is 0 Å². The summed E-state index contributed by atoms with van der Waals surface area (Å²) >= 11 is 0. The van der Waals surface area contributed by atoms with Crippen LogP contribution in [0, 0.1) is 0 Å². The number of nitrogens with two attached hydrogens (primary N) is 1. The van der Waals surface area contributed by atoms with E-state index in [2.05, 4.69) is 10.5 Å². The Balaban J connectivity index is 1.84. The summed E-state index contributed by atoms with van der Waals surface area (Å²) in [6.07, 6.45) is 4.94. The quantitative estimate of drug-likeness (QED) is 0.725. The Bertz CT molecular complexity index is 411. The first-order valence-electron chi connectivity index (χ1n) is 6.82. The van der Waals surface area contributed by atoms with Crippen LogP contribution in [0.5, 0.6) is 0 Å². The molecule has 19 heavy (non-hydrogen) atoms. The monoisotopic (exact) mass is 267 g/mol. The highest BCUT2D eigenvalue weighted by molar-refractivity contribution is 5.92. The molecule has 0 atom stereocenters. The molecule has 6 nitrogen and oxygen atoms in total. The summed E-state index contributed by atoms with van der Waals surface area (Å²) in [7, 11) is 0. The summed E-state index contributed by atoms with van der Waals surface area (Å²) in [5.74, 6) is 0.435. The van der Waals surface area contributed by atoms with Crippen LogP contribution in [0.15, 0.2) is 10.6 Å². The molecule has 106 valence electrons. The molecule has 1 aromatic rings. The average molecular weight is 267 g/mol. The van der Waals surface area contributed by atoms with Crippen LogP contribution in [-0.2, 0) is 6.42 Å². The van der Waals surface area contributed by atoms with Crippen LogP contribution >= 0.6 is 0 Å². The van der Waals surface area contributed by atoms with Crippen molar-refractivity contribution in [2.45, 2.75) is 50.6 Å². The number of aryl methyl sites for hydroxylation is 1. The van der Waals surface area contributed by atoms with Gasteiger partial charge in [-0.15, -0.1) is 0 Å². The summed E-state index contributed by atoms with van der Waals surface area (Å²) in [6.45, 7) is 0.102. The van der Waals surface area contributed by atoms with Crippen LogP contribution in [-0.4, -0.2) is 34.9 Å². The molecule has 1 fully saturated rings. The zero-order chi connectivity index (χ0) is 13.7. The van der Waals surface area contributed by atoms with Crippen molar-refractivity contribution in [2.75, 3.05) is 6.61 Å². The van der Waals surface area contributed by atoms with E-state index in [1.807, 2.05) is 0 Å². The van der Waals surface area contributed by atoms with E-state index in [-0.39, 0.29) is 24.6 Å². The van der Waals surface area contributed by atoms with Crippen LogP contribution in [0.4, 0.5) is 0 Å². The number of rotatable bonds is 5. The maximum absolute atomic E-state index is 12.0. The number of carbonyl (C=O) groups excluding carboxylic acids is 1. The third-order valence-corrected chi connectivity index (χ3v) is 3.48. The van der Waals surface area contributed by atoms with E-state index in [9.17, 15) is 4.79 Å². The van der Waals surface area contributed by atoms with Crippen molar-refractivity contribution >= 4 is 5.91 Å². The molecule has 0 bridgehead atoms. The fourth-order valence-corrected chi connectivity index (χ4v) is 2.31. The molecule has 1 aliphatic carbocycles. The molecule has 4 N–H and O–H groups in total. The molecule has 0 aliphatic heterocycles. The van der Waals surface area contributed by atoms with Gasteiger partial charge < -0.3 is 20.7 Å². The maximum Gasteiger partial charge on any atom is 0.273 e. The minimum atomic E-state index is -0.195. The Morgan fingerprint density at radius 2 is 2.21 bits per heavy atom. The Morgan fingerprint density at radius 1 is 1.47 bits per heavy atom. The average Bonchev–Trinajstić information content (AvgIpc) is 2.88. The predicted molar refractivity (Wildman–Crippen MR) is 69.6 cm³/mol.